The lowest BCUT2D eigenvalue weighted by molar-refractivity contribution is -0.134. The summed E-state index contributed by atoms with van der Waals surface area (Å²) in [6.07, 6.45) is 15.7. The van der Waals surface area contributed by atoms with Crippen LogP contribution in [0.2, 0.25) is 0 Å². The highest BCUT2D eigenvalue weighted by atomic mass is 32.2. The van der Waals surface area contributed by atoms with Crippen molar-refractivity contribution in [1.82, 2.24) is 9.55 Å². The molecule has 0 spiro atoms. The fourth-order valence-electron chi connectivity index (χ4n) is 2.64. The van der Waals surface area contributed by atoms with Crippen LogP contribution in [0.1, 0.15) is 58.8 Å². The number of thioether (sulfide) groups is 2. The Morgan fingerprint density at radius 1 is 1.22 bits per heavy atom. The number of carboxylic acid groups (broad SMARTS) is 1. The molecule has 132 valence electrons. The van der Waals surface area contributed by atoms with Crippen LogP contribution in [0.3, 0.4) is 0 Å². The minimum absolute atomic E-state index is 0.422. The van der Waals surface area contributed by atoms with E-state index in [0.29, 0.717) is 4.08 Å². The summed E-state index contributed by atoms with van der Waals surface area (Å²) in [4.78, 5) is 13.2. The van der Waals surface area contributed by atoms with E-state index in [9.17, 15) is 0 Å². The van der Waals surface area contributed by atoms with Gasteiger partial charge in [0.15, 0.2) is 0 Å². The Hall–Kier alpha value is -0.620. The molecule has 0 aromatic carbocycles. The second-order valence-electron chi connectivity index (χ2n) is 5.88. The van der Waals surface area contributed by atoms with Crippen LogP contribution in [0.5, 0.6) is 0 Å². The fourth-order valence-corrected chi connectivity index (χ4v) is 5.95. The molecule has 0 bridgehead atoms. The zero-order valence-electron chi connectivity index (χ0n) is 14.4. The monoisotopic (exact) mass is 358 g/mol. The zero-order chi connectivity index (χ0) is 17.0. The minimum Gasteiger partial charge on any atom is -0.481 e. The van der Waals surface area contributed by atoms with Crippen molar-refractivity contribution in [3.8, 4) is 0 Å². The molecule has 0 radical (unpaired) electrons. The van der Waals surface area contributed by atoms with E-state index in [1.165, 1.54) is 56.5 Å². The largest absolute Gasteiger partial charge is 0.481 e. The molecule has 0 amide bonds. The van der Waals surface area contributed by atoms with Crippen molar-refractivity contribution in [1.29, 1.82) is 0 Å². The third kappa shape index (κ3) is 9.30. The first-order chi connectivity index (χ1) is 11.1. The normalized spacial score (nSPS) is 15.9. The number of unbranched alkanes of at least 4 members (excludes halogenated alkanes) is 5. The Morgan fingerprint density at radius 3 is 2.39 bits per heavy atom. The van der Waals surface area contributed by atoms with Crippen LogP contribution in [-0.4, -0.2) is 36.2 Å². The molecule has 1 aromatic rings. The molecular formula is C17H30N2O2S2. The number of aromatic nitrogens is 2. The Kier molecular flexibility index (Phi) is 10.5. The summed E-state index contributed by atoms with van der Waals surface area (Å²) in [5.41, 5.74) is 0. The van der Waals surface area contributed by atoms with Crippen LogP contribution in [-0.2, 0) is 11.3 Å². The van der Waals surface area contributed by atoms with Gasteiger partial charge in [0, 0.05) is 37.4 Å². The molecule has 2 rings (SSSR count). The third-order valence-corrected chi connectivity index (χ3v) is 7.21. The first kappa shape index (κ1) is 20.4. The molecule has 23 heavy (non-hydrogen) atoms. The van der Waals surface area contributed by atoms with Crippen LogP contribution in [0.15, 0.2) is 18.7 Å². The van der Waals surface area contributed by atoms with Crippen molar-refractivity contribution in [3.05, 3.63) is 18.7 Å². The number of hydrogen-bond acceptors (Lipinski definition) is 4. The second kappa shape index (κ2) is 11.8. The van der Waals surface area contributed by atoms with E-state index in [1.807, 2.05) is 12.5 Å². The van der Waals surface area contributed by atoms with Gasteiger partial charge in [0.25, 0.3) is 5.97 Å². The van der Waals surface area contributed by atoms with Gasteiger partial charge in [-0.2, -0.15) is 0 Å². The smallest absolute Gasteiger partial charge is 0.300 e. The predicted molar refractivity (Wildman–Crippen MR) is 101 cm³/mol. The fraction of sp³-hybridized carbons (Fsp3) is 0.765. The summed E-state index contributed by atoms with van der Waals surface area (Å²) >= 11 is 4.34. The lowest BCUT2D eigenvalue weighted by atomic mass is 10.1. The molecule has 2 heterocycles. The molecule has 1 aliphatic heterocycles. The van der Waals surface area contributed by atoms with Crippen molar-refractivity contribution < 1.29 is 9.90 Å². The topological polar surface area (TPSA) is 55.1 Å². The number of aliphatic carboxylic acids is 1. The zero-order valence-corrected chi connectivity index (χ0v) is 16.0. The number of imidazole rings is 1. The number of nitrogens with zero attached hydrogens (tertiary/aromatic N) is 2. The summed E-state index contributed by atoms with van der Waals surface area (Å²) in [6, 6.07) is 0. The molecular weight excluding hydrogens is 328 g/mol. The molecule has 0 aliphatic carbocycles. The van der Waals surface area contributed by atoms with Crippen molar-refractivity contribution in [3.63, 3.8) is 0 Å². The maximum atomic E-state index is 9.00. The van der Waals surface area contributed by atoms with Gasteiger partial charge in [-0.15, -0.1) is 23.5 Å². The Balaban J connectivity index is 0.000000593. The second-order valence-corrected chi connectivity index (χ2v) is 9.09. The SMILES string of the molecule is CC(=O)O.CCCCCCCCC1(Cn2ccnc2)SCCS1. The Labute approximate surface area is 148 Å². The number of carbonyl (C=O) groups is 1. The lowest BCUT2D eigenvalue weighted by Crippen LogP contribution is -2.24. The maximum Gasteiger partial charge on any atom is 0.300 e. The van der Waals surface area contributed by atoms with Gasteiger partial charge < -0.3 is 9.67 Å². The van der Waals surface area contributed by atoms with Crippen molar-refractivity contribution >= 4 is 29.5 Å². The predicted octanol–water partition coefficient (Wildman–Crippen LogP) is 4.90. The molecule has 0 saturated carbocycles. The van der Waals surface area contributed by atoms with Gasteiger partial charge in [0.1, 0.15) is 0 Å². The first-order valence-corrected chi connectivity index (χ1v) is 10.5. The minimum atomic E-state index is -0.833. The first-order valence-electron chi connectivity index (χ1n) is 8.51. The van der Waals surface area contributed by atoms with Gasteiger partial charge in [-0.1, -0.05) is 45.4 Å². The molecule has 1 N–H and O–H groups in total. The highest BCUT2D eigenvalue weighted by molar-refractivity contribution is 8.21. The molecule has 1 aliphatic rings. The molecule has 0 unspecified atom stereocenters. The van der Waals surface area contributed by atoms with Gasteiger partial charge in [-0.05, 0) is 6.42 Å². The summed E-state index contributed by atoms with van der Waals surface area (Å²) in [6.45, 7) is 4.49. The van der Waals surface area contributed by atoms with E-state index in [1.54, 1.807) is 0 Å². The van der Waals surface area contributed by atoms with Crippen LogP contribution in [0.4, 0.5) is 0 Å². The van der Waals surface area contributed by atoms with Gasteiger partial charge in [-0.25, -0.2) is 4.98 Å². The van der Waals surface area contributed by atoms with E-state index in [2.05, 4.69) is 46.2 Å². The standard InChI is InChI=1S/C15H26N2S2.C2H4O2/c1-2-3-4-5-6-7-8-15(18-11-12-19-15)13-17-10-9-16-14-17;1-2(3)4/h9-10,14H,2-8,11-13H2,1H3;1H3,(H,3,4). The van der Waals surface area contributed by atoms with E-state index in [-0.39, 0.29) is 0 Å². The van der Waals surface area contributed by atoms with Crippen molar-refractivity contribution in [2.75, 3.05) is 11.5 Å². The number of carboxylic acids is 1. The maximum absolute atomic E-state index is 9.00. The highest BCUT2D eigenvalue weighted by Gasteiger charge is 2.35. The van der Waals surface area contributed by atoms with Crippen LogP contribution in [0, 0.1) is 0 Å². The van der Waals surface area contributed by atoms with Gasteiger partial charge >= 0.3 is 0 Å². The molecule has 4 nitrogen and oxygen atoms in total. The van der Waals surface area contributed by atoms with Crippen LogP contribution in [0.25, 0.3) is 0 Å². The average Bonchev–Trinajstić information content (AvgIpc) is 3.15. The summed E-state index contributed by atoms with van der Waals surface area (Å²) in [5.74, 6) is 1.80. The van der Waals surface area contributed by atoms with E-state index in [4.69, 9.17) is 9.90 Å². The highest BCUT2D eigenvalue weighted by Crippen LogP contribution is 2.48. The quantitative estimate of drug-likeness (QED) is 0.636. The number of rotatable bonds is 9. The molecule has 1 saturated heterocycles. The van der Waals surface area contributed by atoms with Crippen LogP contribution >= 0.6 is 23.5 Å². The van der Waals surface area contributed by atoms with Gasteiger partial charge in [-0.3, -0.25) is 4.79 Å². The van der Waals surface area contributed by atoms with Gasteiger partial charge in [0.05, 0.1) is 10.4 Å². The molecule has 1 aromatic heterocycles. The lowest BCUT2D eigenvalue weighted by Gasteiger charge is -2.27. The van der Waals surface area contributed by atoms with E-state index in [0.717, 1.165) is 13.5 Å². The molecule has 6 heteroatoms. The van der Waals surface area contributed by atoms with Crippen molar-refractivity contribution in [2.24, 2.45) is 0 Å². The summed E-state index contributed by atoms with van der Waals surface area (Å²) < 4.78 is 2.67. The average molecular weight is 359 g/mol. The van der Waals surface area contributed by atoms with Crippen molar-refractivity contribution in [2.45, 2.75) is 69.4 Å². The van der Waals surface area contributed by atoms with Crippen LogP contribution < -0.4 is 0 Å². The molecule has 1 fully saturated rings. The van der Waals surface area contributed by atoms with E-state index < -0.39 is 5.97 Å². The summed E-state index contributed by atoms with van der Waals surface area (Å²) in [7, 11) is 0. The Morgan fingerprint density at radius 2 is 1.83 bits per heavy atom. The Bertz CT molecular complexity index is 414. The molecule has 0 atom stereocenters. The van der Waals surface area contributed by atoms with Gasteiger partial charge in [0.2, 0.25) is 0 Å². The van der Waals surface area contributed by atoms with E-state index >= 15 is 0 Å². The number of hydrogen-bond donors (Lipinski definition) is 1. The summed E-state index contributed by atoms with van der Waals surface area (Å²) in [5, 5.41) is 7.42. The third-order valence-electron chi connectivity index (χ3n) is 3.71.